The highest BCUT2D eigenvalue weighted by molar-refractivity contribution is 4.87. The van der Waals surface area contributed by atoms with Gasteiger partial charge in [-0.1, -0.05) is 6.92 Å². The minimum absolute atomic E-state index is 0.0651. The van der Waals surface area contributed by atoms with Crippen LogP contribution in [0.3, 0.4) is 0 Å². The van der Waals surface area contributed by atoms with Crippen molar-refractivity contribution in [3.05, 3.63) is 0 Å². The van der Waals surface area contributed by atoms with Crippen molar-refractivity contribution in [2.45, 2.75) is 31.8 Å². The van der Waals surface area contributed by atoms with Gasteiger partial charge in [0.25, 0.3) is 0 Å². The van der Waals surface area contributed by atoms with E-state index in [-0.39, 0.29) is 19.3 Å². The average Bonchev–Trinajstić information content (AvgIpc) is 2.14. The molecule has 1 atom stereocenters. The number of aliphatic hydroxyl groups excluding tert-OH is 2. The largest absolute Gasteiger partial charge is 0.394 e. The fourth-order valence-electron chi connectivity index (χ4n) is 1.05. The van der Waals surface area contributed by atoms with E-state index < -0.39 is 5.54 Å². The molecule has 4 nitrogen and oxygen atoms in total. The quantitative estimate of drug-likeness (QED) is 0.421. The minimum atomic E-state index is -0.571. The van der Waals surface area contributed by atoms with E-state index in [1.807, 2.05) is 13.8 Å². The van der Waals surface area contributed by atoms with Crippen molar-refractivity contribution in [2.75, 3.05) is 19.8 Å². The zero-order valence-electron chi connectivity index (χ0n) is 7.88. The lowest BCUT2D eigenvalue weighted by atomic mass is 9.97. The van der Waals surface area contributed by atoms with Gasteiger partial charge in [-0.3, -0.25) is 0 Å². The van der Waals surface area contributed by atoms with Gasteiger partial charge in [0.05, 0.1) is 18.8 Å². The van der Waals surface area contributed by atoms with Crippen molar-refractivity contribution >= 4 is 0 Å². The summed E-state index contributed by atoms with van der Waals surface area (Å²) in [5, 5.41) is 21.2. The predicted octanol–water partition coefficient (Wildman–Crippen LogP) is -0.943. The number of nitrogens with one attached hydrogen (secondary N) is 1. The highest BCUT2D eigenvalue weighted by Gasteiger charge is 2.27. The lowest BCUT2D eigenvalue weighted by molar-refractivity contribution is 0.0801. The van der Waals surface area contributed by atoms with Gasteiger partial charge in [-0.25, -0.2) is 0 Å². The first-order valence-electron chi connectivity index (χ1n) is 4.33. The van der Waals surface area contributed by atoms with Gasteiger partial charge in [0.2, 0.25) is 0 Å². The van der Waals surface area contributed by atoms with Crippen LogP contribution in [0.25, 0.3) is 0 Å². The fraction of sp³-hybridized carbons (Fsp3) is 1.00. The molecule has 74 valence electrons. The Bertz CT molecular complexity index is 107. The lowest BCUT2D eigenvalue weighted by Gasteiger charge is -2.32. The first-order valence-corrected chi connectivity index (χ1v) is 4.33. The van der Waals surface area contributed by atoms with E-state index in [1.165, 1.54) is 0 Å². The van der Waals surface area contributed by atoms with Crippen LogP contribution < -0.4 is 11.1 Å². The molecule has 12 heavy (non-hydrogen) atoms. The maximum Gasteiger partial charge on any atom is 0.0647 e. The number of hydrogen-bond acceptors (Lipinski definition) is 4. The Morgan fingerprint density at radius 3 is 2.17 bits per heavy atom. The van der Waals surface area contributed by atoms with Gasteiger partial charge >= 0.3 is 0 Å². The van der Waals surface area contributed by atoms with Gasteiger partial charge in [0.15, 0.2) is 0 Å². The second-order valence-electron chi connectivity index (χ2n) is 3.23. The van der Waals surface area contributed by atoms with Crippen LogP contribution in [0.15, 0.2) is 0 Å². The van der Waals surface area contributed by atoms with Crippen LogP contribution in [-0.4, -0.2) is 41.6 Å². The molecule has 1 unspecified atom stereocenters. The third-order valence-corrected chi connectivity index (χ3v) is 2.19. The maximum absolute atomic E-state index is 9.06. The molecule has 0 bridgehead atoms. The minimum Gasteiger partial charge on any atom is -0.394 e. The molecular weight excluding hydrogens is 156 g/mol. The SMILES string of the molecule is CCC(CO)(CO)NC(C)CN. The molecule has 5 N–H and O–H groups in total. The lowest BCUT2D eigenvalue weighted by Crippen LogP contribution is -2.56. The van der Waals surface area contributed by atoms with Gasteiger partial charge in [-0.2, -0.15) is 0 Å². The van der Waals surface area contributed by atoms with E-state index in [2.05, 4.69) is 5.32 Å². The molecule has 0 aliphatic heterocycles. The molecule has 0 fully saturated rings. The van der Waals surface area contributed by atoms with Crippen LogP contribution in [0.4, 0.5) is 0 Å². The van der Waals surface area contributed by atoms with Crippen LogP contribution in [0.1, 0.15) is 20.3 Å². The molecule has 0 heterocycles. The Morgan fingerprint density at radius 1 is 1.42 bits per heavy atom. The van der Waals surface area contributed by atoms with Gasteiger partial charge < -0.3 is 21.3 Å². The summed E-state index contributed by atoms with van der Waals surface area (Å²) in [4.78, 5) is 0. The molecule has 0 spiro atoms. The second-order valence-corrected chi connectivity index (χ2v) is 3.23. The first-order chi connectivity index (χ1) is 5.64. The molecule has 0 saturated heterocycles. The van der Waals surface area contributed by atoms with Crippen LogP contribution >= 0.6 is 0 Å². The summed E-state index contributed by atoms with van der Waals surface area (Å²) in [6.45, 7) is 4.22. The third kappa shape index (κ3) is 3.06. The molecule has 0 aromatic rings. The van der Waals surface area contributed by atoms with Crippen LogP contribution in [-0.2, 0) is 0 Å². The summed E-state index contributed by atoms with van der Waals surface area (Å²) >= 11 is 0. The average molecular weight is 176 g/mol. The Morgan fingerprint density at radius 2 is 1.92 bits per heavy atom. The van der Waals surface area contributed by atoms with E-state index in [1.54, 1.807) is 0 Å². The summed E-state index contributed by atoms with van der Waals surface area (Å²) in [7, 11) is 0. The fourth-order valence-corrected chi connectivity index (χ4v) is 1.05. The van der Waals surface area contributed by atoms with Gasteiger partial charge in [-0.15, -0.1) is 0 Å². The molecule has 4 heteroatoms. The molecule has 0 aromatic heterocycles. The van der Waals surface area contributed by atoms with Crippen molar-refractivity contribution < 1.29 is 10.2 Å². The smallest absolute Gasteiger partial charge is 0.0647 e. The van der Waals surface area contributed by atoms with Crippen molar-refractivity contribution in [3.8, 4) is 0 Å². The predicted molar refractivity (Wildman–Crippen MR) is 48.8 cm³/mol. The zero-order valence-corrected chi connectivity index (χ0v) is 7.88. The monoisotopic (exact) mass is 176 g/mol. The van der Waals surface area contributed by atoms with E-state index >= 15 is 0 Å². The van der Waals surface area contributed by atoms with Gasteiger partial charge in [-0.05, 0) is 13.3 Å². The van der Waals surface area contributed by atoms with E-state index in [0.29, 0.717) is 13.0 Å². The van der Waals surface area contributed by atoms with E-state index in [0.717, 1.165) is 0 Å². The van der Waals surface area contributed by atoms with E-state index in [9.17, 15) is 0 Å². The summed E-state index contributed by atoms with van der Waals surface area (Å²) in [5.74, 6) is 0. The molecule has 0 aliphatic carbocycles. The van der Waals surface area contributed by atoms with Crippen LogP contribution in [0, 0.1) is 0 Å². The summed E-state index contributed by atoms with van der Waals surface area (Å²) < 4.78 is 0. The standard InChI is InChI=1S/C8H20N2O2/c1-3-8(5-11,6-12)10-7(2)4-9/h7,10-12H,3-6,9H2,1-2H3. The third-order valence-electron chi connectivity index (χ3n) is 2.19. The molecule has 0 amide bonds. The highest BCUT2D eigenvalue weighted by atomic mass is 16.3. The normalized spacial score (nSPS) is 14.8. The number of aliphatic hydroxyl groups is 2. The highest BCUT2D eigenvalue weighted by Crippen LogP contribution is 2.08. The van der Waals surface area contributed by atoms with Gasteiger partial charge in [0, 0.05) is 12.6 Å². The van der Waals surface area contributed by atoms with E-state index in [4.69, 9.17) is 15.9 Å². The summed E-state index contributed by atoms with van der Waals surface area (Å²) in [6.07, 6.45) is 0.685. The van der Waals surface area contributed by atoms with Crippen molar-refractivity contribution in [1.82, 2.24) is 5.32 Å². The first kappa shape index (κ1) is 11.8. The maximum atomic E-state index is 9.06. The number of hydrogen-bond donors (Lipinski definition) is 4. The molecular formula is C8H20N2O2. The Labute approximate surface area is 73.8 Å². The van der Waals surface area contributed by atoms with Crippen molar-refractivity contribution in [2.24, 2.45) is 5.73 Å². The molecule has 0 rings (SSSR count). The summed E-state index contributed by atoms with van der Waals surface area (Å²) in [6, 6.07) is 0.115. The Balaban J connectivity index is 4.09. The number of rotatable bonds is 6. The Hall–Kier alpha value is -0.160. The molecule has 0 saturated carbocycles. The van der Waals surface area contributed by atoms with Crippen molar-refractivity contribution in [3.63, 3.8) is 0 Å². The molecule has 0 aliphatic rings. The van der Waals surface area contributed by atoms with Crippen molar-refractivity contribution in [1.29, 1.82) is 0 Å². The molecule has 0 radical (unpaired) electrons. The zero-order chi connectivity index (χ0) is 9.61. The topological polar surface area (TPSA) is 78.5 Å². The summed E-state index contributed by atoms with van der Waals surface area (Å²) in [5.41, 5.74) is 4.85. The number of nitrogens with two attached hydrogens (primary N) is 1. The van der Waals surface area contributed by atoms with Crippen LogP contribution in [0.5, 0.6) is 0 Å². The Kier molecular flexibility index (Phi) is 5.41. The molecule has 0 aromatic carbocycles. The second kappa shape index (κ2) is 5.48. The van der Waals surface area contributed by atoms with Gasteiger partial charge in [0.1, 0.15) is 0 Å². The van der Waals surface area contributed by atoms with Crippen LogP contribution in [0.2, 0.25) is 0 Å².